The van der Waals surface area contributed by atoms with Crippen molar-refractivity contribution in [3.63, 3.8) is 0 Å². The molecule has 1 aromatic heterocycles. The predicted molar refractivity (Wildman–Crippen MR) is 117 cm³/mol. The minimum atomic E-state index is -0.837. The third kappa shape index (κ3) is 4.69. The third-order valence-electron chi connectivity index (χ3n) is 5.60. The molecule has 5 nitrogen and oxygen atoms in total. The summed E-state index contributed by atoms with van der Waals surface area (Å²) in [5.74, 6) is 0.696. The molecule has 0 N–H and O–H groups in total. The molecule has 0 radical (unpaired) electrons. The van der Waals surface area contributed by atoms with Crippen molar-refractivity contribution in [3.8, 4) is 22.9 Å². The lowest BCUT2D eigenvalue weighted by Crippen LogP contribution is -2.15. The van der Waals surface area contributed by atoms with E-state index in [4.69, 9.17) is 9.47 Å². The predicted octanol–water partition coefficient (Wildman–Crippen LogP) is 6.04. The second-order valence-electron chi connectivity index (χ2n) is 7.57. The van der Waals surface area contributed by atoms with E-state index in [1.54, 1.807) is 20.3 Å². The van der Waals surface area contributed by atoms with Gasteiger partial charge in [-0.15, -0.1) is 10.2 Å². The second kappa shape index (κ2) is 9.68. The summed E-state index contributed by atoms with van der Waals surface area (Å²) in [6, 6.07) is 10.1. The number of halogens is 2. The topological polar surface area (TPSA) is 49.2 Å². The normalized spacial score (nSPS) is 14.6. The van der Waals surface area contributed by atoms with Crippen molar-refractivity contribution in [3.05, 3.63) is 53.6 Å². The number of hydrogen-bond acceptors (Lipinski definition) is 5. The van der Waals surface area contributed by atoms with Gasteiger partial charge in [0.15, 0.2) is 22.6 Å². The lowest BCUT2D eigenvalue weighted by molar-refractivity contribution is 0.339. The summed E-state index contributed by atoms with van der Waals surface area (Å²) in [6.45, 7) is 0. The SMILES string of the molecule is COc1cc(OC)cc(-c2nnc(SCc3cccc(F)c3F)n2C2CCCCC2)c1. The zero-order chi connectivity index (χ0) is 21.8. The summed E-state index contributed by atoms with van der Waals surface area (Å²) in [7, 11) is 3.22. The quantitative estimate of drug-likeness (QED) is 0.415. The van der Waals surface area contributed by atoms with E-state index >= 15 is 0 Å². The van der Waals surface area contributed by atoms with E-state index < -0.39 is 11.6 Å². The van der Waals surface area contributed by atoms with Crippen LogP contribution in [0.25, 0.3) is 11.4 Å². The van der Waals surface area contributed by atoms with Crippen LogP contribution in [0, 0.1) is 11.6 Å². The van der Waals surface area contributed by atoms with E-state index in [9.17, 15) is 8.78 Å². The van der Waals surface area contributed by atoms with Gasteiger partial charge in [-0.05, 0) is 31.0 Å². The number of hydrogen-bond donors (Lipinski definition) is 0. The number of nitrogens with zero attached hydrogens (tertiary/aromatic N) is 3. The molecule has 1 saturated carbocycles. The van der Waals surface area contributed by atoms with Crippen molar-refractivity contribution in [2.75, 3.05) is 14.2 Å². The maximum atomic E-state index is 14.1. The molecule has 164 valence electrons. The Bertz CT molecular complexity index is 1030. The zero-order valence-corrected chi connectivity index (χ0v) is 18.4. The molecule has 31 heavy (non-hydrogen) atoms. The molecule has 4 rings (SSSR count). The smallest absolute Gasteiger partial charge is 0.192 e. The summed E-state index contributed by atoms with van der Waals surface area (Å²) in [5, 5.41) is 9.60. The fourth-order valence-corrected chi connectivity index (χ4v) is 4.96. The molecule has 1 aliphatic rings. The van der Waals surface area contributed by atoms with E-state index in [1.807, 2.05) is 18.2 Å². The summed E-state index contributed by atoms with van der Waals surface area (Å²) in [6.07, 6.45) is 5.58. The third-order valence-corrected chi connectivity index (χ3v) is 6.59. The van der Waals surface area contributed by atoms with Crippen LogP contribution >= 0.6 is 11.8 Å². The van der Waals surface area contributed by atoms with Gasteiger partial charge < -0.3 is 9.47 Å². The first-order chi connectivity index (χ1) is 15.1. The summed E-state index contributed by atoms with van der Waals surface area (Å²) in [5.41, 5.74) is 1.16. The molecule has 0 atom stereocenters. The van der Waals surface area contributed by atoms with Crippen LogP contribution in [-0.2, 0) is 5.75 Å². The van der Waals surface area contributed by atoms with Crippen LogP contribution in [0.1, 0.15) is 43.7 Å². The molecule has 2 aromatic carbocycles. The van der Waals surface area contributed by atoms with Crippen molar-refractivity contribution in [1.29, 1.82) is 0 Å². The Hall–Kier alpha value is -2.61. The van der Waals surface area contributed by atoms with Gasteiger partial charge in [0.25, 0.3) is 0 Å². The number of benzene rings is 2. The molecular weight excluding hydrogens is 420 g/mol. The van der Waals surface area contributed by atoms with Crippen LogP contribution in [-0.4, -0.2) is 29.0 Å². The van der Waals surface area contributed by atoms with E-state index in [-0.39, 0.29) is 11.8 Å². The largest absolute Gasteiger partial charge is 0.497 e. The van der Waals surface area contributed by atoms with E-state index in [2.05, 4.69) is 14.8 Å². The van der Waals surface area contributed by atoms with Gasteiger partial charge in [0.1, 0.15) is 11.5 Å². The molecular formula is C23H25F2N3O2S. The van der Waals surface area contributed by atoms with Gasteiger partial charge in [0, 0.05) is 29.0 Å². The minimum Gasteiger partial charge on any atom is -0.497 e. The maximum Gasteiger partial charge on any atom is 0.192 e. The second-order valence-corrected chi connectivity index (χ2v) is 8.51. The van der Waals surface area contributed by atoms with Crippen LogP contribution in [0.4, 0.5) is 8.78 Å². The Morgan fingerprint density at radius 3 is 2.39 bits per heavy atom. The Morgan fingerprint density at radius 2 is 1.71 bits per heavy atom. The Labute approximate surface area is 184 Å². The van der Waals surface area contributed by atoms with Crippen LogP contribution in [0.2, 0.25) is 0 Å². The summed E-state index contributed by atoms with van der Waals surface area (Å²) in [4.78, 5) is 0. The average molecular weight is 446 g/mol. The van der Waals surface area contributed by atoms with Crippen molar-refractivity contribution < 1.29 is 18.3 Å². The number of ether oxygens (including phenoxy) is 2. The van der Waals surface area contributed by atoms with Gasteiger partial charge in [-0.1, -0.05) is 43.2 Å². The lowest BCUT2D eigenvalue weighted by atomic mass is 9.95. The van der Waals surface area contributed by atoms with Gasteiger partial charge in [-0.3, -0.25) is 4.57 Å². The Balaban J connectivity index is 1.71. The van der Waals surface area contributed by atoms with Crippen LogP contribution < -0.4 is 9.47 Å². The first-order valence-electron chi connectivity index (χ1n) is 10.3. The van der Waals surface area contributed by atoms with Gasteiger partial charge in [-0.2, -0.15) is 0 Å². The highest BCUT2D eigenvalue weighted by Crippen LogP contribution is 2.38. The van der Waals surface area contributed by atoms with Crippen LogP contribution in [0.3, 0.4) is 0 Å². The van der Waals surface area contributed by atoms with Crippen molar-refractivity contribution in [1.82, 2.24) is 14.8 Å². The highest BCUT2D eigenvalue weighted by Gasteiger charge is 2.25. The maximum absolute atomic E-state index is 14.1. The number of methoxy groups -OCH3 is 2. The molecule has 1 heterocycles. The van der Waals surface area contributed by atoms with Gasteiger partial charge >= 0.3 is 0 Å². The molecule has 1 fully saturated rings. The molecule has 1 aliphatic carbocycles. The number of thioether (sulfide) groups is 1. The van der Waals surface area contributed by atoms with Gasteiger partial charge in [-0.25, -0.2) is 8.78 Å². The molecule has 3 aromatic rings. The summed E-state index contributed by atoms with van der Waals surface area (Å²) < 4.78 is 40.7. The summed E-state index contributed by atoms with van der Waals surface area (Å²) >= 11 is 1.37. The van der Waals surface area contributed by atoms with Crippen molar-refractivity contribution >= 4 is 11.8 Å². The van der Waals surface area contributed by atoms with Crippen LogP contribution in [0.5, 0.6) is 11.5 Å². The van der Waals surface area contributed by atoms with E-state index in [0.717, 1.165) is 43.1 Å². The lowest BCUT2D eigenvalue weighted by Gasteiger charge is -2.25. The first kappa shape index (κ1) is 21.6. The monoisotopic (exact) mass is 445 g/mol. The van der Waals surface area contributed by atoms with Crippen molar-refractivity contribution in [2.24, 2.45) is 0 Å². The fourth-order valence-electron chi connectivity index (χ4n) is 3.98. The molecule has 8 heteroatoms. The molecule has 0 saturated heterocycles. The molecule has 0 amide bonds. The van der Waals surface area contributed by atoms with Gasteiger partial charge in [0.05, 0.1) is 14.2 Å². The minimum absolute atomic E-state index is 0.260. The number of aromatic nitrogens is 3. The standard InChI is InChI=1S/C23H25F2N3O2S/c1-29-18-11-16(12-19(13-18)30-2)22-26-27-23(28(22)17-8-4-3-5-9-17)31-14-15-7-6-10-20(24)21(15)25/h6-7,10-13,17H,3-5,8-9,14H2,1-2H3. The zero-order valence-electron chi connectivity index (χ0n) is 17.6. The van der Waals surface area contributed by atoms with E-state index in [1.165, 1.54) is 24.2 Å². The average Bonchev–Trinajstić information content (AvgIpc) is 3.24. The molecule has 0 bridgehead atoms. The first-order valence-corrected chi connectivity index (χ1v) is 11.3. The highest BCUT2D eigenvalue weighted by atomic mass is 32.2. The Kier molecular flexibility index (Phi) is 6.75. The fraction of sp³-hybridized carbons (Fsp3) is 0.391. The molecule has 0 unspecified atom stereocenters. The molecule has 0 spiro atoms. The number of rotatable bonds is 7. The Morgan fingerprint density at radius 1 is 1.00 bits per heavy atom. The van der Waals surface area contributed by atoms with E-state index in [0.29, 0.717) is 22.2 Å². The molecule has 0 aliphatic heterocycles. The van der Waals surface area contributed by atoms with Gasteiger partial charge in [0.2, 0.25) is 0 Å². The van der Waals surface area contributed by atoms with Crippen LogP contribution in [0.15, 0.2) is 41.6 Å². The van der Waals surface area contributed by atoms with Crippen molar-refractivity contribution in [2.45, 2.75) is 49.1 Å². The highest BCUT2D eigenvalue weighted by molar-refractivity contribution is 7.98.